The van der Waals surface area contributed by atoms with Gasteiger partial charge < -0.3 is 10.8 Å². The zero-order chi connectivity index (χ0) is 17.4. The number of hydrogen-bond acceptors (Lipinski definition) is 5. The summed E-state index contributed by atoms with van der Waals surface area (Å²) < 4.78 is 26.5. The molecule has 24 heavy (non-hydrogen) atoms. The van der Waals surface area contributed by atoms with Crippen LogP contribution in [0, 0.1) is 0 Å². The molecule has 0 aliphatic heterocycles. The summed E-state index contributed by atoms with van der Waals surface area (Å²) in [4.78, 5) is 0.879. The van der Waals surface area contributed by atoms with Gasteiger partial charge in [-0.1, -0.05) is 42.5 Å². The number of aliphatic hydroxyl groups is 1. The number of nitrogens with two attached hydrogens (primary N) is 1. The first-order chi connectivity index (χ1) is 11.5. The number of nitrogen functional groups attached to an aromatic ring is 1. The van der Waals surface area contributed by atoms with Crippen LogP contribution in [0.2, 0.25) is 0 Å². The van der Waals surface area contributed by atoms with Gasteiger partial charge in [-0.25, -0.2) is 8.42 Å². The van der Waals surface area contributed by atoms with Crippen molar-refractivity contribution in [2.24, 2.45) is 0 Å². The first kappa shape index (κ1) is 18.8. The van der Waals surface area contributed by atoms with Gasteiger partial charge in [-0.15, -0.1) is 11.8 Å². The molecule has 0 radical (unpaired) electrons. The summed E-state index contributed by atoms with van der Waals surface area (Å²) >= 11 is 1.42. The van der Waals surface area contributed by atoms with Gasteiger partial charge in [0.2, 0.25) is 10.0 Å². The lowest BCUT2D eigenvalue weighted by Gasteiger charge is -2.21. The first-order valence-electron chi connectivity index (χ1n) is 7.63. The number of anilines is 1. The minimum Gasteiger partial charge on any atom is -0.398 e. The van der Waals surface area contributed by atoms with Crippen molar-refractivity contribution in [2.45, 2.75) is 11.4 Å². The van der Waals surface area contributed by atoms with E-state index in [2.05, 4.69) is 0 Å². The number of thioether (sulfide) groups is 1. The lowest BCUT2D eigenvalue weighted by molar-refractivity contribution is 0.251. The van der Waals surface area contributed by atoms with E-state index in [1.165, 1.54) is 16.1 Å². The topological polar surface area (TPSA) is 83.6 Å². The van der Waals surface area contributed by atoms with E-state index < -0.39 is 10.0 Å². The van der Waals surface area contributed by atoms with Crippen LogP contribution < -0.4 is 5.73 Å². The second kappa shape index (κ2) is 9.08. The van der Waals surface area contributed by atoms with Gasteiger partial charge in [0.05, 0.1) is 12.4 Å². The molecule has 0 spiro atoms. The third-order valence-electron chi connectivity index (χ3n) is 3.46. The number of aliphatic hydroxyl groups excluding tert-OH is 1. The number of sulfonamides is 1. The highest BCUT2D eigenvalue weighted by molar-refractivity contribution is 8.00. The number of rotatable bonds is 9. The lowest BCUT2D eigenvalue weighted by Crippen LogP contribution is -2.35. The van der Waals surface area contributed by atoms with E-state index in [9.17, 15) is 13.5 Å². The van der Waals surface area contributed by atoms with Crippen molar-refractivity contribution in [1.29, 1.82) is 0 Å². The molecule has 3 N–H and O–H groups in total. The molecule has 0 bridgehead atoms. The average Bonchev–Trinajstić information content (AvgIpc) is 2.57. The normalized spacial score (nSPS) is 11.8. The molecule has 130 valence electrons. The molecule has 5 nitrogen and oxygen atoms in total. The molecule has 2 rings (SSSR count). The van der Waals surface area contributed by atoms with Crippen LogP contribution >= 0.6 is 11.8 Å². The number of para-hydroxylation sites is 1. The molecule has 7 heteroatoms. The van der Waals surface area contributed by atoms with E-state index in [0.717, 1.165) is 10.5 Å². The maximum atomic E-state index is 12.6. The van der Waals surface area contributed by atoms with Gasteiger partial charge in [0.15, 0.2) is 0 Å². The van der Waals surface area contributed by atoms with Gasteiger partial charge in [-0.05, 0) is 17.7 Å². The fraction of sp³-hybridized carbons (Fsp3) is 0.294. The number of benzene rings is 2. The summed E-state index contributed by atoms with van der Waals surface area (Å²) in [5, 5.41) is 9.19. The predicted molar refractivity (Wildman–Crippen MR) is 99.3 cm³/mol. The summed E-state index contributed by atoms with van der Waals surface area (Å²) in [7, 11) is -3.45. The minimum absolute atomic E-state index is 0.00116. The quantitative estimate of drug-likeness (QED) is 0.525. The fourth-order valence-electron chi connectivity index (χ4n) is 2.21. The molecule has 2 aromatic carbocycles. The standard InChI is InChI=1S/C17H22N2O3S2/c18-16-8-4-5-9-17(16)23-12-13-24(21,22)19(10-11-20)14-15-6-2-1-3-7-15/h1-9,20H,10-14,18H2. The van der Waals surface area contributed by atoms with Crippen molar-refractivity contribution in [3.05, 3.63) is 60.2 Å². The zero-order valence-electron chi connectivity index (χ0n) is 13.3. The van der Waals surface area contributed by atoms with Crippen molar-refractivity contribution in [2.75, 3.05) is 30.4 Å². The monoisotopic (exact) mass is 366 g/mol. The number of hydrogen-bond donors (Lipinski definition) is 2. The van der Waals surface area contributed by atoms with E-state index in [1.54, 1.807) is 6.07 Å². The third-order valence-corrected chi connectivity index (χ3v) is 6.63. The van der Waals surface area contributed by atoms with E-state index in [-0.39, 0.29) is 25.4 Å². The van der Waals surface area contributed by atoms with Crippen molar-refractivity contribution in [3.63, 3.8) is 0 Å². The Morgan fingerprint density at radius 3 is 2.38 bits per heavy atom. The van der Waals surface area contributed by atoms with Crippen LogP contribution in [0.1, 0.15) is 5.56 Å². The van der Waals surface area contributed by atoms with Gasteiger partial charge in [-0.3, -0.25) is 0 Å². The highest BCUT2D eigenvalue weighted by atomic mass is 32.2. The molecule has 0 unspecified atom stereocenters. The predicted octanol–water partition coefficient (Wildman–Crippen LogP) is 2.19. The van der Waals surface area contributed by atoms with Crippen molar-refractivity contribution in [3.8, 4) is 0 Å². The Morgan fingerprint density at radius 1 is 1.04 bits per heavy atom. The van der Waals surface area contributed by atoms with E-state index in [1.807, 2.05) is 48.5 Å². The summed E-state index contributed by atoms with van der Waals surface area (Å²) in [6.07, 6.45) is 0. The van der Waals surface area contributed by atoms with Gasteiger partial charge in [0, 0.05) is 29.4 Å². The molecule has 0 fully saturated rings. The average molecular weight is 367 g/mol. The molecule has 0 saturated carbocycles. The van der Waals surface area contributed by atoms with E-state index >= 15 is 0 Å². The van der Waals surface area contributed by atoms with Crippen molar-refractivity contribution < 1.29 is 13.5 Å². The van der Waals surface area contributed by atoms with Crippen LogP contribution in [0.5, 0.6) is 0 Å². The molecule has 0 aliphatic carbocycles. The molecule has 0 aromatic heterocycles. The molecule has 0 atom stereocenters. The van der Waals surface area contributed by atoms with Crippen molar-refractivity contribution >= 4 is 27.5 Å². The van der Waals surface area contributed by atoms with Crippen LogP contribution in [0.25, 0.3) is 0 Å². The van der Waals surface area contributed by atoms with Gasteiger partial charge in [0.1, 0.15) is 0 Å². The van der Waals surface area contributed by atoms with Crippen LogP contribution in [0.15, 0.2) is 59.5 Å². The van der Waals surface area contributed by atoms with Crippen LogP contribution in [-0.2, 0) is 16.6 Å². The third kappa shape index (κ3) is 5.52. The Hall–Kier alpha value is -1.54. The maximum Gasteiger partial charge on any atom is 0.215 e. The van der Waals surface area contributed by atoms with Crippen LogP contribution in [-0.4, -0.2) is 42.5 Å². The molecule has 0 amide bonds. The fourth-order valence-corrected chi connectivity index (χ4v) is 4.98. The van der Waals surface area contributed by atoms with Crippen LogP contribution in [0.3, 0.4) is 0 Å². The molecule has 0 heterocycles. The SMILES string of the molecule is Nc1ccccc1SCCS(=O)(=O)N(CCO)Cc1ccccc1. The van der Waals surface area contributed by atoms with Crippen molar-refractivity contribution in [1.82, 2.24) is 4.31 Å². The summed E-state index contributed by atoms with van der Waals surface area (Å²) in [6.45, 7) is 0.155. The molecule has 0 saturated heterocycles. The largest absolute Gasteiger partial charge is 0.398 e. The Balaban J connectivity index is 1.98. The Labute approximate surface area is 147 Å². The summed E-state index contributed by atoms with van der Waals surface area (Å²) in [5.41, 5.74) is 7.41. The lowest BCUT2D eigenvalue weighted by atomic mass is 10.2. The molecule has 2 aromatic rings. The summed E-state index contributed by atoms with van der Waals surface area (Å²) in [5.74, 6) is 0.409. The van der Waals surface area contributed by atoms with Gasteiger partial charge in [-0.2, -0.15) is 4.31 Å². The highest BCUT2D eigenvalue weighted by Gasteiger charge is 2.21. The van der Waals surface area contributed by atoms with E-state index in [0.29, 0.717) is 11.4 Å². The minimum atomic E-state index is -3.45. The van der Waals surface area contributed by atoms with E-state index in [4.69, 9.17) is 5.73 Å². The smallest absolute Gasteiger partial charge is 0.215 e. The Morgan fingerprint density at radius 2 is 1.71 bits per heavy atom. The Bertz CT molecular complexity index is 737. The van der Waals surface area contributed by atoms with Gasteiger partial charge in [0.25, 0.3) is 0 Å². The van der Waals surface area contributed by atoms with Gasteiger partial charge >= 0.3 is 0 Å². The summed E-state index contributed by atoms with van der Waals surface area (Å²) in [6, 6.07) is 16.8. The zero-order valence-corrected chi connectivity index (χ0v) is 15.0. The second-order valence-corrected chi connectivity index (χ2v) is 8.47. The maximum absolute atomic E-state index is 12.6. The Kier molecular flexibility index (Phi) is 7.11. The molecule has 0 aliphatic rings. The highest BCUT2D eigenvalue weighted by Crippen LogP contribution is 2.24. The van der Waals surface area contributed by atoms with Crippen LogP contribution in [0.4, 0.5) is 5.69 Å². The second-order valence-electron chi connectivity index (χ2n) is 5.25. The number of nitrogens with zero attached hydrogens (tertiary/aromatic N) is 1. The molecular formula is C17H22N2O3S2. The molecular weight excluding hydrogens is 344 g/mol. The first-order valence-corrected chi connectivity index (χ1v) is 10.2.